The number of nitro groups is 1. The number of nitro benzene ring substituents is 1. The quantitative estimate of drug-likeness (QED) is 0.484. The molecule has 1 aliphatic carbocycles. The fourth-order valence-corrected chi connectivity index (χ4v) is 4.81. The number of carbonyl (C=O) groups is 1. The molecule has 0 unspecified atom stereocenters. The van der Waals surface area contributed by atoms with Crippen LogP contribution in [0, 0.1) is 24.0 Å². The van der Waals surface area contributed by atoms with Crippen molar-refractivity contribution < 1.29 is 14.5 Å². The van der Waals surface area contributed by atoms with Crippen LogP contribution < -0.4 is 10.2 Å². The predicted octanol–water partition coefficient (Wildman–Crippen LogP) is 4.30. The first-order chi connectivity index (χ1) is 16.4. The van der Waals surface area contributed by atoms with E-state index in [1.807, 2.05) is 11.0 Å². The van der Waals surface area contributed by atoms with Crippen molar-refractivity contribution in [2.24, 2.45) is 0 Å². The summed E-state index contributed by atoms with van der Waals surface area (Å²) in [5.74, 6) is 0.0742. The summed E-state index contributed by atoms with van der Waals surface area (Å²) < 4.78 is 5.97. The normalized spacial score (nSPS) is 20.8. The molecule has 34 heavy (non-hydrogen) atoms. The van der Waals surface area contributed by atoms with E-state index in [4.69, 9.17) is 4.74 Å². The molecular formula is C26H34N4O4. The van der Waals surface area contributed by atoms with E-state index < -0.39 is 0 Å². The van der Waals surface area contributed by atoms with Gasteiger partial charge in [0.2, 0.25) is 5.91 Å². The minimum absolute atomic E-state index is 0.0742. The van der Waals surface area contributed by atoms with Crippen molar-refractivity contribution >= 4 is 23.0 Å². The zero-order valence-corrected chi connectivity index (χ0v) is 20.0. The number of amides is 1. The molecule has 2 aromatic rings. The molecule has 2 fully saturated rings. The summed E-state index contributed by atoms with van der Waals surface area (Å²) in [6.07, 6.45) is 3.80. The third-order valence-electron chi connectivity index (χ3n) is 6.91. The molecule has 182 valence electrons. The molecule has 0 radical (unpaired) electrons. The van der Waals surface area contributed by atoms with E-state index in [1.54, 1.807) is 19.1 Å². The standard InChI is InChI=1S/C26H34N4O4/c1-19-3-8-23(9-4-19)28-13-15-29(16-14-28)26(31)18-34-24-10-5-21(6-11-24)27-22-7-12-25(30(32)33)20(2)17-22/h3-4,7-9,12,17,21,24,27H,5-6,10-11,13-16,18H2,1-2H3. The van der Waals surface area contributed by atoms with Crippen LogP contribution in [0.2, 0.25) is 0 Å². The number of hydrogen-bond acceptors (Lipinski definition) is 6. The van der Waals surface area contributed by atoms with Gasteiger partial charge in [0.05, 0.1) is 11.0 Å². The van der Waals surface area contributed by atoms with Gasteiger partial charge in [-0.05, 0) is 63.8 Å². The molecule has 1 heterocycles. The summed E-state index contributed by atoms with van der Waals surface area (Å²) in [5.41, 5.74) is 4.17. The van der Waals surface area contributed by atoms with Crippen LogP contribution >= 0.6 is 0 Å². The van der Waals surface area contributed by atoms with Gasteiger partial charge in [-0.2, -0.15) is 0 Å². The van der Waals surface area contributed by atoms with Gasteiger partial charge >= 0.3 is 0 Å². The van der Waals surface area contributed by atoms with E-state index in [0.717, 1.165) is 57.5 Å². The van der Waals surface area contributed by atoms with Gasteiger partial charge < -0.3 is 19.9 Å². The molecule has 4 rings (SSSR count). The minimum atomic E-state index is -0.354. The van der Waals surface area contributed by atoms with Crippen LogP contribution in [0.15, 0.2) is 42.5 Å². The number of nitrogens with zero attached hydrogens (tertiary/aromatic N) is 3. The van der Waals surface area contributed by atoms with E-state index in [9.17, 15) is 14.9 Å². The summed E-state index contributed by atoms with van der Waals surface area (Å²) in [6, 6.07) is 14.0. The van der Waals surface area contributed by atoms with Gasteiger partial charge in [-0.15, -0.1) is 0 Å². The maximum atomic E-state index is 12.7. The largest absolute Gasteiger partial charge is 0.382 e. The van der Waals surface area contributed by atoms with E-state index in [1.165, 1.54) is 11.3 Å². The van der Waals surface area contributed by atoms with Crippen molar-refractivity contribution in [2.45, 2.75) is 51.7 Å². The maximum absolute atomic E-state index is 12.7. The van der Waals surface area contributed by atoms with Crippen LogP contribution in [0.25, 0.3) is 0 Å². The molecule has 1 saturated carbocycles. The Labute approximate surface area is 201 Å². The zero-order chi connectivity index (χ0) is 24.1. The molecule has 8 heteroatoms. The Balaban J connectivity index is 1.16. The van der Waals surface area contributed by atoms with Gasteiger partial charge in [0.1, 0.15) is 6.61 Å². The Kier molecular flexibility index (Phi) is 7.67. The van der Waals surface area contributed by atoms with Crippen LogP contribution in [0.4, 0.5) is 17.1 Å². The smallest absolute Gasteiger partial charge is 0.272 e. The molecule has 1 aliphatic heterocycles. The topological polar surface area (TPSA) is 88.0 Å². The second-order valence-electron chi connectivity index (χ2n) is 9.39. The third kappa shape index (κ3) is 6.05. The van der Waals surface area contributed by atoms with Crippen molar-refractivity contribution in [3.63, 3.8) is 0 Å². The average Bonchev–Trinajstić information content (AvgIpc) is 2.84. The molecule has 0 bridgehead atoms. The van der Waals surface area contributed by atoms with E-state index in [-0.39, 0.29) is 29.2 Å². The molecule has 0 aromatic heterocycles. The number of anilines is 2. The van der Waals surface area contributed by atoms with E-state index in [2.05, 4.69) is 41.4 Å². The number of rotatable bonds is 7. The van der Waals surface area contributed by atoms with Crippen LogP contribution in [0.3, 0.4) is 0 Å². The van der Waals surface area contributed by atoms with Crippen molar-refractivity contribution in [2.75, 3.05) is 43.0 Å². The number of piperazine rings is 1. The lowest BCUT2D eigenvalue weighted by molar-refractivity contribution is -0.385. The van der Waals surface area contributed by atoms with Gasteiger partial charge in [-0.25, -0.2) is 0 Å². The molecule has 1 amide bonds. The van der Waals surface area contributed by atoms with E-state index in [0.29, 0.717) is 11.6 Å². The highest BCUT2D eigenvalue weighted by Crippen LogP contribution is 2.27. The summed E-state index contributed by atoms with van der Waals surface area (Å²) in [7, 11) is 0. The number of aryl methyl sites for hydroxylation is 2. The second-order valence-corrected chi connectivity index (χ2v) is 9.39. The summed E-state index contributed by atoms with van der Waals surface area (Å²) in [5, 5.41) is 14.5. The highest BCUT2D eigenvalue weighted by atomic mass is 16.6. The number of carbonyl (C=O) groups excluding carboxylic acids is 1. The average molecular weight is 467 g/mol. The first kappa shape index (κ1) is 24.0. The molecule has 1 N–H and O–H groups in total. The molecule has 0 spiro atoms. The molecule has 2 aromatic carbocycles. The Bertz CT molecular complexity index is 994. The Morgan fingerprint density at radius 1 is 1.03 bits per heavy atom. The van der Waals surface area contributed by atoms with E-state index >= 15 is 0 Å². The van der Waals surface area contributed by atoms with Gasteiger partial charge in [0.15, 0.2) is 0 Å². The molecule has 2 aliphatic rings. The van der Waals surface area contributed by atoms with Crippen LogP contribution in [-0.4, -0.2) is 60.7 Å². The van der Waals surface area contributed by atoms with Crippen molar-refractivity contribution in [1.82, 2.24) is 4.90 Å². The fraction of sp³-hybridized carbons (Fsp3) is 0.500. The van der Waals surface area contributed by atoms with Gasteiger partial charge in [0, 0.05) is 55.2 Å². The highest BCUT2D eigenvalue weighted by Gasteiger charge is 2.25. The third-order valence-corrected chi connectivity index (χ3v) is 6.91. The summed E-state index contributed by atoms with van der Waals surface area (Å²) in [4.78, 5) is 27.5. The Morgan fingerprint density at radius 2 is 1.71 bits per heavy atom. The van der Waals surface area contributed by atoms with Crippen molar-refractivity contribution in [1.29, 1.82) is 0 Å². The lowest BCUT2D eigenvalue weighted by Gasteiger charge is -2.36. The predicted molar refractivity (Wildman–Crippen MR) is 133 cm³/mol. The van der Waals surface area contributed by atoms with Gasteiger partial charge in [-0.1, -0.05) is 17.7 Å². The van der Waals surface area contributed by atoms with Crippen LogP contribution in [0.1, 0.15) is 36.8 Å². The van der Waals surface area contributed by atoms with Crippen molar-refractivity contribution in [3.8, 4) is 0 Å². The number of benzene rings is 2. The first-order valence-electron chi connectivity index (χ1n) is 12.1. The molecular weight excluding hydrogens is 432 g/mol. The van der Waals surface area contributed by atoms with Gasteiger partial charge in [0.25, 0.3) is 5.69 Å². The first-order valence-corrected chi connectivity index (χ1v) is 12.1. The molecule has 1 saturated heterocycles. The number of hydrogen-bond donors (Lipinski definition) is 1. The lowest BCUT2D eigenvalue weighted by Crippen LogP contribution is -2.50. The van der Waals surface area contributed by atoms with Crippen LogP contribution in [0.5, 0.6) is 0 Å². The maximum Gasteiger partial charge on any atom is 0.272 e. The Morgan fingerprint density at radius 3 is 2.32 bits per heavy atom. The highest BCUT2D eigenvalue weighted by molar-refractivity contribution is 5.77. The minimum Gasteiger partial charge on any atom is -0.382 e. The number of nitrogens with one attached hydrogen (secondary N) is 1. The second kappa shape index (κ2) is 10.9. The molecule has 8 nitrogen and oxygen atoms in total. The van der Waals surface area contributed by atoms with Crippen LogP contribution in [-0.2, 0) is 9.53 Å². The summed E-state index contributed by atoms with van der Waals surface area (Å²) >= 11 is 0. The fourth-order valence-electron chi connectivity index (χ4n) is 4.81. The van der Waals surface area contributed by atoms with Gasteiger partial charge in [-0.3, -0.25) is 14.9 Å². The number of ether oxygens (including phenoxy) is 1. The zero-order valence-electron chi connectivity index (χ0n) is 20.0. The molecule has 0 atom stereocenters. The monoisotopic (exact) mass is 466 g/mol. The summed E-state index contributed by atoms with van der Waals surface area (Å²) in [6.45, 7) is 7.12. The lowest BCUT2D eigenvalue weighted by atomic mass is 9.92. The van der Waals surface area contributed by atoms with Crippen molar-refractivity contribution in [3.05, 3.63) is 63.7 Å². The Hall–Kier alpha value is -3.13. The SMILES string of the molecule is Cc1ccc(N2CCN(C(=O)COC3CCC(Nc4ccc([N+](=O)[O-])c(C)c4)CC3)CC2)cc1.